The molecule has 4 rings (SSSR count). The number of ether oxygens (including phenoxy) is 2. The van der Waals surface area contributed by atoms with Gasteiger partial charge in [0, 0.05) is 11.3 Å². The van der Waals surface area contributed by atoms with Gasteiger partial charge in [-0.3, -0.25) is 9.78 Å². The second-order valence-electron chi connectivity index (χ2n) is 7.66. The van der Waals surface area contributed by atoms with Crippen molar-refractivity contribution in [1.29, 1.82) is 0 Å². The van der Waals surface area contributed by atoms with Crippen LogP contribution in [0.15, 0.2) is 35.6 Å². The molecular formula is C20H18F5N5O3. The molecule has 2 aliphatic rings. The number of nitrogens with two attached hydrogens (primary N) is 1. The number of rotatable bonds is 4. The Bertz CT molecular complexity index is 1090. The molecule has 4 atom stereocenters. The van der Waals surface area contributed by atoms with Crippen LogP contribution in [0.1, 0.15) is 34.8 Å². The molecule has 1 aromatic heterocycles. The maximum Gasteiger partial charge on any atom is 0.415 e. The summed E-state index contributed by atoms with van der Waals surface area (Å²) in [5.74, 6) is -2.99. The van der Waals surface area contributed by atoms with Crippen LogP contribution in [-0.2, 0) is 15.0 Å². The van der Waals surface area contributed by atoms with Crippen molar-refractivity contribution in [3.05, 3.63) is 53.4 Å². The summed E-state index contributed by atoms with van der Waals surface area (Å²) < 4.78 is 78.5. The standard InChI is InChI=1S/C20H18F5N5O3/c1-9(21)14-5-28-15(6-27-14)17(31)29-10-2-3-13(22)11(4-10)19-8-33-16(20(23,24)25)12(19)7-32-18(26)30-19/h2-6,9,12,16H,7-8H2,1H3,(H2,26,30)(H,29,31)/t9?,12-,16+,19?/m1/s1. The second kappa shape index (κ2) is 8.21. The first-order valence-corrected chi connectivity index (χ1v) is 9.75. The maximum atomic E-state index is 14.9. The minimum Gasteiger partial charge on any atom is -0.465 e. The van der Waals surface area contributed by atoms with E-state index in [-0.39, 0.29) is 22.6 Å². The van der Waals surface area contributed by atoms with E-state index in [1.54, 1.807) is 0 Å². The zero-order valence-electron chi connectivity index (χ0n) is 17.1. The van der Waals surface area contributed by atoms with Gasteiger partial charge < -0.3 is 20.5 Å². The average Bonchev–Trinajstić information content (AvgIpc) is 3.15. The number of aromatic nitrogens is 2. The fourth-order valence-corrected chi connectivity index (χ4v) is 3.89. The van der Waals surface area contributed by atoms with Crippen molar-refractivity contribution >= 4 is 17.6 Å². The summed E-state index contributed by atoms with van der Waals surface area (Å²) >= 11 is 0. The summed E-state index contributed by atoms with van der Waals surface area (Å²) in [5.41, 5.74) is 3.52. The number of anilines is 1. The first-order valence-electron chi connectivity index (χ1n) is 9.75. The highest BCUT2D eigenvalue weighted by Crippen LogP contribution is 2.50. The molecule has 13 heteroatoms. The van der Waals surface area contributed by atoms with Gasteiger partial charge in [-0.25, -0.2) is 18.8 Å². The van der Waals surface area contributed by atoms with Gasteiger partial charge >= 0.3 is 6.18 Å². The van der Waals surface area contributed by atoms with Gasteiger partial charge in [-0.1, -0.05) is 0 Å². The Labute approximate surface area is 184 Å². The Morgan fingerprint density at radius 3 is 2.70 bits per heavy atom. The van der Waals surface area contributed by atoms with Gasteiger partial charge in [0.05, 0.1) is 37.2 Å². The number of halogens is 5. The van der Waals surface area contributed by atoms with Gasteiger partial charge in [0.25, 0.3) is 11.9 Å². The Kier molecular flexibility index (Phi) is 5.68. The Morgan fingerprint density at radius 1 is 1.30 bits per heavy atom. The molecule has 0 bridgehead atoms. The topological polar surface area (TPSA) is 112 Å². The van der Waals surface area contributed by atoms with Crippen LogP contribution in [0.5, 0.6) is 0 Å². The van der Waals surface area contributed by atoms with Gasteiger partial charge in [0.2, 0.25) is 0 Å². The molecule has 0 radical (unpaired) electrons. The summed E-state index contributed by atoms with van der Waals surface area (Å²) in [7, 11) is 0. The van der Waals surface area contributed by atoms with Crippen LogP contribution in [0.3, 0.4) is 0 Å². The van der Waals surface area contributed by atoms with E-state index in [2.05, 4.69) is 20.3 Å². The minimum atomic E-state index is -4.73. The van der Waals surface area contributed by atoms with E-state index in [1.165, 1.54) is 13.0 Å². The molecular weight excluding hydrogens is 453 g/mol. The van der Waals surface area contributed by atoms with E-state index in [0.717, 1.165) is 24.5 Å². The molecule has 8 nitrogen and oxygen atoms in total. The van der Waals surface area contributed by atoms with Crippen LogP contribution in [0, 0.1) is 11.7 Å². The molecule has 1 amide bonds. The normalized spacial score (nSPS) is 25.6. The lowest BCUT2D eigenvalue weighted by Gasteiger charge is -2.36. The summed E-state index contributed by atoms with van der Waals surface area (Å²) in [6.07, 6.45) is -6.17. The third kappa shape index (κ3) is 4.19. The lowest BCUT2D eigenvalue weighted by Crippen LogP contribution is -2.48. The monoisotopic (exact) mass is 471 g/mol. The smallest absolute Gasteiger partial charge is 0.415 e. The molecule has 1 aromatic carbocycles. The summed E-state index contributed by atoms with van der Waals surface area (Å²) in [4.78, 5) is 24.1. The fraction of sp³-hybridized carbons (Fsp3) is 0.400. The summed E-state index contributed by atoms with van der Waals surface area (Å²) in [6.45, 7) is 0.192. The van der Waals surface area contributed by atoms with Crippen molar-refractivity contribution in [3.8, 4) is 0 Å². The molecule has 3 heterocycles. The summed E-state index contributed by atoms with van der Waals surface area (Å²) in [6, 6.07) is 2.97. The highest BCUT2D eigenvalue weighted by molar-refractivity contribution is 6.02. The van der Waals surface area contributed by atoms with E-state index >= 15 is 0 Å². The van der Waals surface area contributed by atoms with Crippen molar-refractivity contribution in [2.24, 2.45) is 16.6 Å². The Hall–Kier alpha value is -3.35. The maximum absolute atomic E-state index is 14.9. The third-order valence-corrected chi connectivity index (χ3v) is 5.51. The first-order chi connectivity index (χ1) is 15.5. The van der Waals surface area contributed by atoms with Crippen molar-refractivity contribution in [1.82, 2.24) is 9.97 Å². The molecule has 0 aliphatic carbocycles. The molecule has 33 heavy (non-hydrogen) atoms. The summed E-state index contributed by atoms with van der Waals surface area (Å²) in [5, 5.41) is 2.47. The van der Waals surface area contributed by atoms with Crippen LogP contribution >= 0.6 is 0 Å². The minimum absolute atomic E-state index is 0.0381. The van der Waals surface area contributed by atoms with Crippen LogP contribution in [0.25, 0.3) is 0 Å². The molecule has 1 saturated heterocycles. The van der Waals surface area contributed by atoms with Crippen LogP contribution in [-0.4, -0.2) is 47.4 Å². The largest absolute Gasteiger partial charge is 0.465 e. The van der Waals surface area contributed by atoms with Gasteiger partial charge in [-0.15, -0.1) is 0 Å². The molecule has 1 fully saturated rings. The molecule has 176 valence electrons. The average molecular weight is 471 g/mol. The number of carbonyl (C=O) groups is 1. The van der Waals surface area contributed by atoms with E-state index in [9.17, 15) is 26.7 Å². The Morgan fingerprint density at radius 2 is 2.06 bits per heavy atom. The van der Waals surface area contributed by atoms with Crippen molar-refractivity contribution in [3.63, 3.8) is 0 Å². The molecule has 0 saturated carbocycles. The fourth-order valence-electron chi connectivity index (χ4n) is 3.89. The number of fused-ring (bicyclic) bond motifs is 1. The van der Waals surface area contributed by atoms with E-state index < -0.39 is 60.9 Å². The number of carbonyl (C=O) groups excluding carboxylic acids is 1. The number of amidine groups is 1. The number of aliphatic imine (C=N–C) groups is 1. The van der Waals surface area contributed by atoms with E-state index in [1.807, 2.05) is 0 Å². The number of nitrogens with zero attached hydrogens (tertiary/aromatic N) is 3. The van der Waals surface area contributed by atoms with Crippen LogP contribution < -0.4 is 11.1 Å². The van der Waals surface area contributed by atoms with Gasteiger partial charge in [0.1, 0.15) is 23.2 Å². The lowest BCUT2D eigenvalue weighted by molar-refractivity contribution is -0.219. The molecule has 2 aromatic rings. The number of nitrogens with one attached hydrogen (secondary N) is 1. The number of benzene rings is 1. The highest BCUT2D eigenvalue weighted by atomic mass is 19.4. The quantitative estimate of drug-likeness (QED) is 0.664. The zero-order chi connectivity index (χ0) is 24.0. The van der Waals surface area contributed by atoms with Gasteiger partial charge in [-0.05, 0) is 25.1 Å². The zero-order valence-corrected chi connectivity index (χ0v) is 17.1. The van der Waals surface area contributed by atoms with E-state index in [0.29, 0.717) is 0 Å². The number of alkyl halides is 4. The van der Waals surface area contributed by atoms with Gasteiger partial charge in [0.15, 0.2) is 6.10 Å². The number of hydrogen-bond donors (Lipinski definition) is 2. The van der Waals surface area contributed by atoms with Crippen molar-refractivity contribution < 1.29 is 36.2 Å². The van der Waals surface area contributed by atoms with E-state index in [4.69, 9.17) is 15.2 Å². The predicted molar refractivity (Wildman–Crippen MR) is 104 cm³/mol. The number of amides is 1. The molecule has 0 spiro atoms. The Balaban J connectivity index is 1.66. The molecule has 3 N–H and O–H groups in total. The molecule has 2 unspecified atom stereocenters. The molecule has 2 aliphatic heterocycles. The van der Waals surface area contributed by atoms with Crippen LogP contribution in [0.4, 0.5) is 27.6 Å². The highest BCUT2D eigenvalue weighted by Gasteiger charge is 2.62. The van der Waals surface area contributed by atoms with Crippen LogP contribution in [0.2, 0.25) is 0 Å². The third-order valence-electron chi connectivity index (χ3n) is 5.51. The second-order valence-corrected chi connectivity index (χ2v) is 7.66. The first kappa shape index (κ1) is 22.8. The van der Waals surface area contributed by atoms with Gasteiger partial charge in [-0.2, -0.15) is 13.2 Å². The van der Waals surface area contributed by atoms with Crippen molar-refractivity contribution in [2.75, 3.05) is 18.5 Å². The lowest BCUT2D eigenvalue weighted by atomic mass is 9.77. The number of hydrogen-bond acceptors (Lipinski definition) is 7. The van der Waals surface area contributed by atoms with Crippen molar-refractivity contribution in [2.45, 2.75) is 30.9 Å². The predicted octanol–water partition coefficient (Wildman–Crippen LogP) is 3.02. The SMILES string of the molecule is CC(F)c1cnc(C(=O)Nc2ccc(F)c(C34CO[C@H](C(F)(F)F)[C@H]3COC(N)=N4)c2)cn1.